The van der Waals surface area contributed by atoms with Gasteiger partial charge in [-0.25, -0.2) is 9.37 Å². The summed E-state index contributed by atoms with van der Waals surface area (Å²) in [6.45, 7) is 0.213. The van der Waals surface area contributed by atoms with Gasteiger partial charge < -0.3 is 19.9 Å². The van der Waals surface area contributed by atoms with Gasteiger partial charge in [0.15, 0.2) is 10.8 Å². The van der Waals surface area contributed by atoms with Gasteiger partial charge in [0.05, 0.1) is 23.0 Å². The van der Waals surface area contributed by atoms with Gasteiger partial charge in [0.2, 0.25) is 0 Å². The number of nitrogens with zero attached hydrogens (tertiary/aromatic N) is 5. The van der Waals surface area contributed by atoms with Gasteiger partial charge in [0.25, 0.3) is 5.91 Å². The van der Waals surface area contributed by atoms with Gasteiger partial charge in [0.1, 0.15) is 23.7 Å². The van der Waals surface area contributed by atoms with Crippen molar-refractivity contribution in [2.24, 2.45) is 0 Å². The Morgan fingerprint density at radius 2 is 1.98 bits per heavy atom. The van der Waals surface area contributed by atoms with Crippen molar-refractivity contribution in [3.8, 4) is 6.07 Å². The quantitative estimate of drug-likeness (QED) is 0.228. The van der Waals surface area contributed by atoms with Crippen LogP contribution in [0.3, 0.4) is 0 Å². The summed E-state index contributed by atoms with van der Waals surface area (Å²) in [6.07, 6.45) is 2.12. The fraction of sp³-hybridized carbons (Fsp3) is 0.286. The number of aldehydes is 1. The maximum Gasteiger partial charge on any atom is 0.419 e. The number of alkyl halides is 3. The summed E-state index contributed by atoms with van der Waals surface area (Å²) in [5.41, 5.74) is -2.45. The Hall–Kier alpha value is -4.44. The molecule has 2 aromatic heterocycles. The van der Waals surface area contributed by atoms with Crippen molar-refractivity contribution in [2.45, 2.75) is 37.4 Å². The van der Waals surface area contributed by atoms with E-state index in [0.717, 1.165) is 23.9 Å². The third kappa shape index (κ3) is 6.17. The lowest BCUT2D eigenvalue weighted by molar-refractivity contribution is -0.138. The minimum atomic E-state index is -4.84. The van der Waals surface area contributed by atoms with E-state index >= 15 is 0 Å². The number of rotatable bonds is 8. The summed E-state index contributed by atoms with van der Waals surface area (Å²) < 4.78 is 55.6. The number of benzene rings is 1. The molecule has 1 fully saturated rings. The normalized spacial score (nSPS) is 13.9. The highest BCUT2D eigenvalue weighted by atomic mass is 32.1. The monoisotopic (exact) mass is 584 g/mol. The van der Waals surface area contributed by atoms with Gasteiger partial charge in [-0.05, 0) is 73.8 Å². The number of amides is 1. The fourth-order valence-corrected chi connectivity index (χ4v) is 4.87. The second-order valence-electron chi connectivity index (χ2n) is 9.48. The Balaban J connectivity index is 1.66. The average Bonchev–Trinajstić information content (AvgIpc) is 2.94. The molecule has 4 rings (SSSR count). The number of anilines is 2. The first-order valence-corrected chi connectivity index (χ1v) is 12.9. The van der Waals surface area contributed by atoms with Crippen LogP contribution in [-0.4, -0.2) is 46.4 Å². The zero-order valence-electron chi connectivity index (χ0n) is 21.8. The predicted molar refractivity (Wildman–Crippen MR) is 147 cm³/mol. The first kappa shape index (κ1) is 29.5. The molecule has 0 spiro atoms. The molecule has 212 valence electrons. The van der Waals surface area contributed by atoms with Crippen LogP contribution in [0.15, 0.2) is 55.0 Å². The SMILES string of the molecule is CN(C(=S)N(c1ccc(F)c(C(=O)NCCc2cccnc2)c1)C1(C=O)CCC1)c1cnc(C#N)c(C(F)(F)F)c1. The molecule has 13 heteroatoms. The van der Waals surface area contributed by atoms with Crippen LogP contribution < -0.4 is 15.1 Å². The van der Waals surface area contributed by atoms with Gasteiger partial charge >= 0.3 is 6.18 Å². The smallest absolute Gasteiger partial charge is 0.352 e. The molecule has 3 aromatic rings. The summed E-state index contributed by atoms with van der Waals surface area (Å²) in [5, 5.41) is 11.7. The minimum Gasteiger partial charge on any atom is -0.352 e. The Morgan fingerprint density at radius 3 is 2.56 bits per heavy atom. The van der Waals surface area contributed by atoms with E-state index in [-0.39, 0.29) is 28.6 Å². The Bertz CT molecular complexity index is 1510. The third-order valence-electron chi connectivity index (χ3n) is 6.91. The lowest BCUT2D eigenvalue weighted by Crippen LogP contribution is -2.60. The predicted octanol–water partition coefficient (Wildman–Crippen LogP) is 4.83. The van der Waals surface area contributed by atoms with E-state index < -0.39 is 34.7 Å². The van der Waals surface area contributed by atoms with Crippen molar-refractivity contribution in [1.82, 2.24) is 15.3 Å². The molecule has 0 unspecified atom stereocenters. The highest BCUT2D eigenvalue weighted by Gasteiger charge is 2.46. The molecule has 1 saturated carbocycles. The number of halogens is 4. The molecular formula is C28H24F4N6O2S. The van der Waals surface area contributed by atoms with E-state index in [1.807, 2.05) is 6.07 Å². The first-order chi connectivity index (χ1) is 19.5. The number of aromatic nitrogens is 2. The summed E-state index contributed by atoms with van der Waals surface area (Å²) >= 11 is 5.66. The van der Waals surface area contributed by atoms with E-state index in [1.54, 1.807) is 18.5 Å². The standard InChI is InChI=1S/C28H24F4N6O2S/c1-37(20-13-22(28(30,31)32)24(14-33)36-16-20)26(41)38(27(17-39)8-3-9-27)19-5-6-23(29)21(12-19)25(40)35-11-7-18-4-2-10-34-15-18/h2,4-6,10,12-13,15-17H,3,7-9,11H2,1H3,(H,35,40). The van der Waals surface area contributed by atoms with Gasteiger partial charge in [0, 0.05) is 31.7 Å². The van der Waals surface area contributed by atoms with Crippen molar-refractivity contribution in [2.75, 3.05) is 23.4 Å². The van der Waals surface area contributed by atoms with E-state index in [9.17, 15) is 27.2 Å². The summed E-state index contributed by atoms with van der Waals surface area (Å²) in [4.78, 5) is 35.6. The minimum absolute atomic E-state index is 0.0778. The maximum atomic E-state index is 14.8. The topological polar surface area (TPSA) is 102 Å². The maximum absolute atomic E-state index is 14.8. The number of hydrogen-bond acceptors (Lipinski definition) is 6. The zero-order chi connectivity index (χ0) is 29.8. The Morgan fingerprint density at radius 1 is 1.22 bits per heavy atom. The van der Waals surface area contributed by atoms with Crippen LogP contribution in [0.25, 0.3) is 0 Å². The van der Waals surface area contributed by atoms with E-state index in [0.29, 0.717) is 32.0 Å². The summed E-state index contributed by atoms with van der Waals surface area (Å²) in [5.74, 6) is -1.49. The lowest BCUT2D eigenvalue weighted by Gasteiger charge is -2.49. The third-order valence-corrected chi connectivity index (χ3v) is 7.37. The highest BCUT2D eigenvalue weighted by Crippen LogP contribution is 2.41. The molecule has 2 heterocycles. The van der Waals surface area contributed by atoms with Crippen LogP contribution in [0.5, 0.6) is 0 Å². The van der Waals surface area contributed by atoms with Crippen molar-refractivity contribution < 1.29 is 27.2 Å². The lowest BCUT2D eigenvalue weighted by atomic mass is 9.76. The molecule has 0 radical (unpaired) electrons. The van der Waals surface area contributed by atoms with Crippen molar-refractivity contribution in [1.29, 1.82) is 5.26 Å². The second-order valence-corrected chi connectivity index (χ2v) is 9.85. The average molecular weight is 585 g/mol. The number of carbonyl (C=O) groups is 2. The molecule has 0 bridgehead atoms. The molecule has 1 aliphatic rings. The second kappa shape index (κ2) is 12.0. The van der Waals surface area contributed by atoms with Gasteiger partial charge in [-0.3, -0.25) is 9.78 Å². The number of nitrogens with one attached hydrogen (secondary N) is 1. The van der Waals surface area contributed by atoms with E-state index in [4.69, 9.17) is 17.5 Å². The number of thiocarbonyl (C=S) groups is 1. The molecule has 1 aliphatic carbocycles. The Kier molecular flexibility index (Phi) is 8.63. The van der Waals surface area contributed by atoms with Crippen LogP contribution in [0.1, 0.15) is 46.4 Å². The number of pyridine rings is 2. The van der Waals surface area contributed by atoms with Crippen LogP contribution >= 0.6 is 12.2 Å². The van der Waals surface area contributed by atoms with Crippen molar-refractivity contribution in [3.05, 3.63) is 83.2 Å². The zero-order valence-corrected chi connectivity index (χ0v) is 22.6. The van der Waals surface area contributed by atoms with Gasteiger partial charge in [-0.1, -0.05) is 6.07 Å². The van der Waals surface area contributed by atoms with Gasteiger partial charge in [-0.15, -0.1) is 0 Å². The van der Waals surface area contributed by atoms with Gasteiger partial charge in [-0.2, -0.15) is 18.4 Å². The molecule has 1 N–H and O–H groups in total. The molecule has 0 aliphatic heterocycles. The number of nitriles is 1. The van der Waals surface area contributed by atoms with E-state index in [1.165, 1.54) is 35.0 Å². The fourth-order valence-electron chi connectivity index (χ4n) is 4.48. The van der Waals surface area contributed by atoms with Crippen LogP contribution in [0.4, 0.5) is 28.9 Å². The molecule has 0 atom stereocenters. The molecule has 1 amide bonds. The Labute approximate surface area is 238 Å². The molecule has 41 heavy (non-hydrogen) atoms. The largest absolute Gasteiger partial charge is 0.419 e. The number of carbonyl (C=O) groups excluding carboxylic acids is 2. The van der Waals surface area contributed by atoms with Crippen LogP contribution in [-0.2, 0) is 17.4 Å². The first-order valence-electron chi connectivity index (χ1n) is 12.5. The van der Waals surface area contributed by atoms with Crippen molar-refractivity contribution in [3.63, 3.8) is 0 Å². The van der Waals surface area contributed by atoms with Crippen LogP contribution in [0, 0.1) is 17.1 Å². The van der Waals surface area contributed by atoms with Crippen LogP contribution in [0.2, 0.25) is 0 Å². The highest BCUT2D eigenvalue weighted by molar-refractivity contribution is 7.80. The summed E-state index contributed by atoms with van der Waals surface area (Å²) in [6, 6.07) is 9.46. The summed E-state index contributed by atoms with van der Waals surface area (Å²) in [7, 11) is 1.39. The van der Waals surface area contributed by atoms with Crippen molar-refractivity contribution >= 4 is 40.9 Å². The molecule has 0 saturated heterocycles. The molecular weight excluding hydrogens is 560 g/mol. The number of hydrogen-bond donors (Lipinski definition) is 1. The molecule has 8 nitrogen and oxygen atoms in total. The molecule has 1 aromatic carbocycles. The van der Waals surface area contributed by atoms with E-state index in [2.05, 4.69) is 15.3 Å².